The van der Waals surface area contributed by atoms with Crippen LogP contribution in [0.25, 0.3) is 0 Å². The lowest BCUT2D eigenvalue weighted by atomic mass is 10.1. The first-order valence-electron chi connectivity index (χ1n) is 4.91. The summed E-state index contributed by atoms with van der Waals surface area (Å²) in [7, 11) is 1.75. The van der Waals surface area contributed by atoms with Crippen molar-refractivity contribution in [3.8, 4) is 0 Å². The van der Waals surface area contributed by atoms with E-state index in [0.717, 1.165) is 11.1 Å². The molecule has 0 spiro atoms. The fourth-order valence-corrected chi connectivity index (χ4v) is 1.69. The Labute approximate surface area is 88.6 Å². The molecule has 0 bridgehead atoms. The smallest absolute Gasteiger partial charge is 0.410 e. The van der Waals surface area contributed by atoms with Crippen LogP contribution in [0.1, 0.15) is 17.2 Å². The fourth-order valence-electron chi connectivity index (χ4n) is 1.69. The Morgan fingerprint density at radius 2 is 2.13 bits per heavy atom. The maximum Gasteiger partial charge on any atom is 0.410 e. The van der Waals surface area contributed by atoms with Gasteiger partial charge in [-0.05, 0) is 11.1 Å². The van der Waals surface area contributed by atoms with Crippen molar-refractivity contribution < 1.29 is 9.53 Å². The van der Waals surface area contributed by atoms with Gasteiger partial charge in [-0.15, -0.1) is 0 Å². The molecule has 1 heterocycles. The van der Waals surface area contributed by atoms with Crippen molar-refractivity contribution in [1.29, 1.82) is 0 Å². The van der Waals surface area contributed by atoms with E-state index in [1.165, 1.54) is 0 Å². The molecular weight excluding hydrogens is 192 g/mol. The van der Waals surface area contributed by atoms with Crippen LogP contribution in [0.15, 0.2) is 24.3 Å². The van der Waals surface area contributed by atoms with Crippen LogP contribution in [0, 0.1) is 0 Å². The van der Waals surface area contributed by atoms with Crippen molar-refractivity contribution >= 4 is 6.09 Å². The number of nitrogens with zero attached hydrogens (tertiary/aromatic N) is 1. The number of carbonyl (C=O) groups excluding carboxylic acids is 1. The van der Waals surface area contributed by atoms with Crippen LogP contribution in [-0.2, 0) is 11.3 Å². The largest absolute Gasteiger partial charge is 0.447 e. The Balaban J connectivity index is 2.19. The quantitative estimate of drug-likeness (QED) is 0.792. The van der Waals surface area contributed by atoms with Gasteiger partial charge in [-0.1, -0.05) is 24.3 Å². The molecule has 0 aromatic heterocycles. The zero-order valence-electron chi connectivity index (χ0n) is 8.64. The third kappa shape index (κ3) is 1.80. The predicted molar refractivity (Wildman–Crippen MR) is 56.2 cm³/mol. The van der Waals surface area contributed by atoms with E-state index >= 15 is 0 Å². The van der Waals surface area contributed by atoms with E-state index < -0.39 is 0 Å². The van der Waals surface area contributed by atoms with Crippen LogP contribution >= 0.6 is 0 Å². The van der Waals surface area contributed by atoms with Crippen molar-refractivity contribution in [2.24, 2.45) is 5.73 Å². The second kappa shape index (κ2) is 3.90. The lowest BCUT2D eigenvalue weighted by molar-refractivity contribution is 0.163. The van der Waals surface area contributed by atoms with Gasteiger partial charge in [-0.25, -0.2) is 4.79 Å². The maximum atomic E-state index is 11.2. The number of amides is 1. The zero-order valence-corrected chi connectivity index (χ0v) is 8.64. The van der Waals surface area contributed by atoms with E-state index in [2.05, 4.69) is 0 Å². The standard InChI is InChI=1S/C11H14N2O2/c1-13-10(7-15-11(13)14)9-4-2-8(6-12)3-5-9/h2-5,10H,6-7,12H2,1H3. The molecule has 0 aliphatic carbocycles. The average Bonchev–Trinajstić information content (AvgIpc) is 2.60. The van der Waals surface area contributed by atoms with E-state index in [1.54, 1.807) is 11.9 Å². The highest BCUT2D eigenvalue weighted by atomic mass is 16.6. The summed E-state index contributed by atoms with van der Waals surface area (Å²) in [6.45, 7) is 0.966. The Bertz CT molecular complexity index is 361. The topological polar surface area (TPSA) is 55.6 Å². The van der Waals surface area contributed by atoms with Crippen molar-refractivity contribution in [3.05, 3.63) is 35.4 Å². The molecule has 4 heteroatoms. The molecule has 1 amide bonds. The van der Waals surface area contributed by atoms with E-state index in [-0.39, 0.29) is 12.1 Å². The first-order valence-corrected chi connectivity index (χ1v) is 4.91. The van der Waals surface area contributed by atoms with Crippen LogP contribution in [0.3, 0.4) is 0 Å². The van der Waals surface area contributed by atoms with Crippen molar-refractivity contribution in [2.45, 2.75) is 12.6 Å². The van der Waals surface area contributed by atoms with Gasteiger partial charge in [-0.3, -0.25) is 0 Å². The average molecular weight is 206 g/mol. The second-order valence-electron chi connectivity index (χ2n) is 3.65. The number of carbonyl (C=O) groups is 1. The Hall–Kier alpha value is -1.55. The number of likely N-dealkylation sites (N-methyl/N-ethyl adjacent to an activating group) is 1. The summed E-state index contributed by atoms with van der Waals surface area (Å²) >= 11 is 0. The van der Waals surface area contributed by atoms with E-state index in [1.807, 2.05) is 24.3 Å². The molecule has 2 N–H and O–H groups in total. The SMILES string of the molecule is CN1C(=O)OCC1c1ccc(CN)cc1. The third-order valence-electron chi connectivity index (χ3n) is 2.72. The molecule has 15 heavy (non-hydrogen) atoms. The van der Waals surface area contributed by atoms with Crippen LogP contribution in [-0.4, -0.2) is 24.6 Å². The van der Waals surface area contributed by atoms with Crippen molar-refractivity contribution in [2.75, 3.05) is 13.7 Å². The number of nitrogens with two attached hydrogens (primary N) is 1. The summed E-state index contributed by atoms with van der Waals surface area (Å²) in [5.41, 5.74) is 7.69. The second-order valence-corrected chi connectivity index (χ2v) is 3.65. The molecule has 0 saturated carbocycles. The third-order valence-corrected chi connectivity index (χ3v) is 2.72. The lowest BCUT2D eigenvalue weighted by Crippen LogP contribution is -2.22. The minimum atomic E-state index is -0.261. The molecule has 1 saturated heterocycles. The number of hydrogen-bond acceptors (Lipinski definition) is 3. The van der Waals surface area contributed by atoms with Gasteiger partial charge in [0.25, 0.3) is 0 Å². The molecule has 4 nitrogen and oxygen atoms in total. The molecule has 1 aliphatic rings. The normalized spacial score (nSPS) is 20.5. The molecule has 80 valence electrons. The molecule has 1 aliphatic heterocycles. The highest BCUT2D eigenvalue weighted by Gasteiger charge is 2.30. The van der Waals surface area contributed by atoms with E-state index in [4.69, 9.17) is 10.5 Å². The minimum absolute atomic E-state index is 0.0318. The number of rotatable bonds is 2. The molecule has 1 unspecified atom stereocenters. The summed E-state index contributed by atoms with van der Waals surface area (Å²) in [5.74, 6) is 0. The van der Waals surface area contributed by atoms with Gasteiger partial charge in [0, 0.05) is 13.6 Å². The zero-order chi connectivity index (χ0) is 10.8. The molecule has 1 aromatic rings. The van der Waals surface area contributed by atoms with Crippen molar-refractivity contribution in [1.82, 2.24) is 4.90 Å². The van der Waals surface area contributed by atoms with Crippen LogP contribution < -0.4 is 5.73 Å². The summed E-state index contributed by atoms with van der Waals surface area (Å²) in [5, 5.41) is 0. The monoisotopic (exact) mass is 206 g/mol. The summed E-state index contributed by atoms with van der Waals surface area (Å²) in [6, 6.07) is 7.97. The predicted octanol–water partition coefficient (Wildman–Crippen LogP) is 1.27. The number of benzene rings is 1. The van der Waals surface area contributed by atoms with Gasteiger partial charge in [0.2, 0.25) is 0 Å². The molecule has 1 aromatic carbocycles. The highest BCUT2D eigenvalue weighted by Crippen LogP contribution is 2.25. The Kier molecular flexibility index (Phi) is 2.60. The molecule has 1 atom stereocenters. The number of ether oxygens (including phenoxy) is 1. The van der Waals surface area contributed by atoms with Gasteiger partial charge < -0.3 is 15.4 Å². The van der Waals surface area contributed by atoms with Gasteiger partial charge in [0.1, 0.15) is 6.61 Å². The first kappa shape index (κ1) is 9.98. The lowest BCUT2D eigenvalue weighted by Gasteiger charge is -2.16. The summed E-state index contributed by atoms with van der Waals surface area (Å²) in [6.07, 6.45) is -0.261. The molecule has 1 fully saturated rings. The first-order chi connectivity index (χ1) is 7.22. The molecule has 2 rings (SSSR count). The minimum Gasteiger partial charge on any atom is -0.447 e. The highest BCUT2D eigenvalue weighted by molar-refractivity contribution is 5.70. The van der Waals surface area contributed by atoms with Crippen LogP contribution in [0.4, 0.5) is 4.79 Å². The Morgan fingerprint density at radius 1 is 1.47 bits per heavy atom. The number of cyclic esters (lactones) is 1. The van der Waals surface area contributed by atoms with Crippen LogP contribution in [0.2, 0.25) is 0 Å². The molecular formula is C11H14N2O2. The van der Waals surface area contributed by atoms with Crippen LogP contribution in [0.5, 0.6) is 0 Å². The van der Waals surface area contributed by atoms with Crippen molar-refractivity contribution in [3.63, 3.8) is 0 Å². The maximum absolute atomic E-state index is 11.2. The van der Waals surface area contributed by atoms with Gasteiger partial charge in [0.15, 0.2) is 0 Å². The van der Waals surface area contributed by atoms with Gasteiger partial charge >= 0.3 is 6.09 Å². The molecule has 0 radical (unpaired) electrons. The summed E-state index contributed by atoms with van der Waals surface area (Å²) < 4.78 is 4.95. The fraction of sp³-hybridized carbons (Fsp3) is 0.364. The van der Waals surface area contributed by atoms with Gasteiger partial charge in [0.05, 0.1) is 6.04 Å². The number of hydrogen-bond donors (Lipinski definition) is 1. The summed E-state index contributed by atoms with van der Waals surface area (Å²) in [4.78, 5) is 12.8. The van der Waals surface area contributed by atoms with E-state index in [0.29, 0.717) is 13.2 Å². The van der Waals surface area contributed by atoms with E-state index in [9.17, 15) is 4.79 Å². The Morgan fingerprint density at radius 3 is 2.60 bits per heavy atom. The van der Waals surface area contributed by atoms with Gasteiger partial charge in [-0.2, -0.15) is 0 Å².